The van der Waals surface area contributed by atoms with Gasteiger partial charge >= 0.3 is 0 Å². The van der Waals surface area contributed by atoms with Gasteiger partial charge in [-0.3, -0.25) is 9.59 Å². The van der Waals surface area contributed by atoms with Gasteiger partial charge in [0.25, 0.3) is 0 Å². The summed E-state index contributed by atoms with van der Waals surface area (Å²) in [6, 6.07) is -0.317. The molecule has 32 heavy (non-hydrogen) atoms. The number of primary amides is 1. The first-order valence-corrected chi connectivity index (χ1v) is 12.1. The van der Waals surface area contributed by atoms with Crippen molar-refractivity contribution in [2.75, 3.05) is 6.54 Å². The molecule has 5 heteroatoms. The number of carbonyl (C=O) groups is 2. The van der Waals surface area contributed by atoms with Gasteiger partial charge in [-0.25, -0.2) is 0 Å². The normalized spacial score (nSPS) is 17.9. The lowest BCUT2D eigenvalue weighted by molar-refractivity contribution is -0.126. The van der Waals surface area contributed by atoms with Crippen LogP contribution in [0.4, 0.5) is 0 Å². The van der Waals surface area contributed by atoms with Crippen molar-refractivity contribution >= 4 is 11.8 Å². The van der Waals surface area contributed by atoms with E-state index in [-0.39, 0.29) is 23.8 Å². The molecule has 0 spiro atoms. The second-order valence-electron chi connectivity index (χ2n) is 7.95. The average molecular weight is 450 g/mol. The molecular weight excluding hydrogens is 398 g/mol. The van der Waals surface area contributed by atoms with E-state index in [1.54, 1.807) is 19.9 Å². The van der Waals surface area contributed by atoms with E-state index in [9.17, 15) is 9.59 Å². The Hall–Kier alpha value is -2.30. The van der Waals surface area contributed by atoms with Crippen molar-refractivity contribution in [3.63, 3.8) is 0 Å². The average Bonchev–Trinajstić information content (AvgIpc) is 2.75. The molecule has 1 saturated carbocycles. The van der Waals surface area contributed by atoms with E-state index >= 15 is 0 Å². The predicted octanol–water partition coefficient (Wildman–Crippen LogP) is 6.04. The fraction of sp³-hybridized carbons (Fsp3) is 0.630. The maximum absolute atomic E-state index is 12.0. The number of amides is 2. The van der Waals surface area contributed by atoms with E-state index in [4.69, 9.17) is 5.73 Å². The zero-order valence-electron chi connectivity index (χ0n) is 21.9. The monoisotopic (exact) mass is 449 g/mol. The predicted molar refractivity (Wildman–Crippen MR) is 141 cm³/mol. The Morgan fingerprint density at radius 3 is 2.12 bits per heavy atom. The van der Waals surface area contributed by atoms with Crippen LogP contribution in [0.2, 0.25) is 0 Å². The first kappa shape index (κ1) is 34.3. The molecule has 186 valence electrons. The van der Waals surface area contributed by atoms with Crippen molar-refractivity contribution in [3.05, 3.63) is 49.2 Å². The number of allylic oxidation sites excluding steroid dienone is 4. The second kappa shape index (κ2) is 23.4. The summed E-state index contributed by atoms with van der Waals surface area (Å²) in [5.41, 5.74) is 6.81. The van der Waals surface area contributed by atoms with Crippen LogP contribution in [-0.4, -0.2) is 24.4 Å². The van der Waals surface area contributed by atoms with Gasteiger partial charge in [-0.2, -0.15) is 0 Å². The topological polar surface area (TPSA) is 84.2 Å². The molecule has 3 atom stereocenters. The number of nitrogens with two attached hydrogens (primary N) is 1. The maximum atomic E-state index is 12.0. The number of rotatable bonds is 9. The third-order valence-corrected chi connectivity index (χ3v) is 4.50. The molecule has 0 aliphatic heterocycles. The molecule has 0 aromatic carbocycles. The maximum Gasteiger partial charge on any atom is 0.239 e. The molecule has 4 N–H and O–H groups in total. The molecule has 3 unspecified atom stereocenters. The zero-order valence-corrected chi connectivity index (χ0v) is 21.9. The molecule has 0 aromatic heterocycles. The van der Waals surface area contributed by atoms with Gasteiger partial charge in [0, 0.05) is 18.2 Å². The summed E-state index contributed by atoms with van der Waals surface area (Å²) in [6.07, 6.45) is 12.1. The van der Waals surface area contributed by atoms with E-state index < -0.39 is 0 Å². The molecule has 1 fully saturated rings. The van der Waals surface area contributed by atoms with E-state index in [1.807, 2.05) is 26.0 Å². The van der Waals surface area contributed by atoms with Crippen LogP contribution >= 0.6 is 0 Å². The SMILES string of the molecule is C=C(C)NC(C)C(N)=O.C=C/C=C(\C=C)CCNC(=O)C1CCCC(C)C1.CC.CCC. The van der Waals surface area contributed by atoms with Crippen LogP contribution in [0.15, 0.2) is 49.2 Å². The second-order valence-corrected chi connectivity index (χ2v) is 7.95. The Morgan fingerprint density at radius 1 is 1.19 bits per heavy atom. The Bertz CT molecular complexity index is 567. The fourth-order valence-electron chi connectivity index (χ4n) is 2.99. The number of hydrogen-bond acceptors (Lipinski definition) is 3. The first-order chi connectivity index (χ1) is 15.1. The highest BCUT2D eigenvalue weighted by atomic mass is 16.2. The van der Waals surface area contributed by atoms with Crippen LogP contribution in [0.25, 0.3) is 0 Å². The summed E-state index contributed by atoms with van der Waals surface area (Å²) in [5, 5.41) is 5.81. The van der Waals surface area contributed by atoms with Crippen molar-refractivity contribution in [2.24, 2.45) is 17.6 Å². The van der Waals surface area contributed by atoms with Crippen molar-refractivity contribution in [2.45, 2.75) is 93.0 Å². The standard InChI is InChI=1S/C16H25NO.C6H12N2O.C3H8.C2H6/c1-4-7-14(5-2)10-11-17-16(18)15-9-6-8-13(3)12-15;1-4(2)8-5(3)6(7)9;1-3-2;1-2/h4-5,7,13,15H,1-2,6,8-12H2,3H3,(H,17,18);5,8H,1H2,2-3H3,(H2,7,9);3H2,1-2H3;1-2H3/b14-7+;;;. The molecule has 0 radical (unpaired) electrons. The molecular formula is C27H51N3O2. The Labute approximate surface area is 198 Å². The fourth-order valence-corrected chi connectivity index (χ4v) is 2.99. The third kappa shape index (κ3) is 21.0. The highest BCUT2D eigenvalue weighted by molar-refractivity contribution is 5.79. The van der Waals surface area contributed by atoms with Crippen molar-refractivity contribution < 1.29 is 9.59 Å². The van der Waals surface area contributed by atoms with Gasteiger partial charge in [0.2, 0.25) is 11.8 Å². The smallest absolute Gasteiger partial charge is 0.239 e. The minimum atomic E-state index is -0.363. The van der Waals surface area contributed by atoms with Crippen molar-refractivity contribution in [1.29, 1.82) is 0 Å². The van der Waals surface area contributed by atoms with Crippen LogP contribution in [-0.2, 0) is 9.59 Å². The van der Waals surface area contributed by atoms with Gasteiger partial charge in [-0.05, 0) is 44.6 Å². The lowest BCUT2D eigenvalue weighted by atomic mass is 9.82. The van der Waals surface area contributed by atoms with Gasteiger partial charge in [0.05, 0.1) is 0 Å². The van der Waals surface area contributed by atoms with E-state index in [0.717, 1.165) is 30.5 Å². The highest BCUT2D eigenvalue weighted by Crippen LogP contribution is 2.28. The first-order valence-electron chi connectivity index (χ1n) is 12.1. The Kier molecular flexibility index (Phi) is 25.1. The summed E-state index contributed by atoms with van der Waals surface area (Å²) >= 11 is 0. The van der Waals surface area contributed by atoms with E-state index in [1.165, 1.54) is 19.3 Å². The zero-order chi connectivity index (χ0) is 25.5. The van der Waals surface area contributed by atoms with Crippen LogP contribution < -0.4 is 16.4 Å². The summed E-state index contributed by atoms with van der Waals surface area (Å²) in [4.78, 5) is 22.3. The number of nitrogens with one attached hydrogen (secondary N) is 2. The lowest BCUT2D eigenvalue weighted by Gasteiger charge is -2.25. The van der Waals surface area contributed by atoms with Gasteiger partial charge in [0.15, 0.2) is 0 Å². The minimum absolute atomic E-state index is 0.226. The molecule has 0 aromatic rings. The molecule has 0 saturated heterocycles. The van der Waals surface area contributed by atoms with Crippen LogP contribution in [0.1, 0.15) is 87.0 Å². The highest BCUT2D eigenvalue weighted by Gasteiger charge is 2.24. The van der Waals surface area contributed by atoms with Crippen LogP contribution in [0.5, 0.6) is 0 Å². The van der Waals surface area contributed by atoms with E-state index in [2.05, 4.69) is 51.1 Å². The van der Waals surface area contributed by atoms with Gasteiger partial charge in [0.1, 0.15) is 6.04 Å². The molecule has 5 nitrogen and oxygen atoms in total. The van der Waals surface area contributed by atoms with Gasteiger partial charge in [-0.1, -0.05) is 91.8 Å². The molecule has 1 rings (SSSR count). The van der Waals surface area contributed by atoms with Crippen LogP contribution in [0, 0.1) is 11.8 Å². The van der Waals surface area contributed by atoms with E-state index in [0.29, 0.717) is 12.5 Å². The summed E-state index contributed by atoms with van der Waals surface area (Å²) in [5.74, 6) is 0.782. The summed E-state index contributed by atoms with van der Waals surface area (Å²) in [7, 11) is 0. The molecule has 1 aliphatic rings. The summed E-state index contributed by atoms with van der Waals surface area (Å²) < 4.78 is 0. The third-order valence-electron chi connectivity index (χ3n) is 4.50. The summed E-state index contributed by atoms with van der Waals surface area (Å²) in [6.45, 7) is 25.6. The minimum Gasteiger partial charge on any atom is -0.378 e. The molecule has 2 amide bonds. The van der Waals surface area contributed by atoms with Crippen molar-refractivity contribution in [3.8, 4) is 0 Å². The molecule has 0 bridgehead atoms. The number of hydrogen-bond donors (Lipinski definition) is 3. The van der Waals surface area contributed by atoms with Gasteiger partial charge < -0.3 is 16.4 Å². The Morgan fingerprint density at radius 2 is 1.75 bits per heavy atom. The molecule has 0 heterocycles. The van der Waals surface area contributed by atoms with Crippen molar-refractivity contribution in [1.82, 2.24) is 10.6 Å². The van der Waals surface area contributed by atoms with Gasteiger partial charge in [-0.15, -0.1) is 0 Å². The largest absolute Gasteiger partial charge is 0.378 e. The molecule has 1 aliphatic carbocycles. The Balaban J connectivity index is -0.000000503. The lowest BCUT2D eigenvalue weighted by Crippen LogP contribution is -2.37. The van der Waals surface area contributed by atoms with Crippen LogP contribution in [0.3, 0.4) is 0 Å². The quantitative estimate of drug-likeness (QED) is 0.375. The number of carbonyl (C=O) groups excluding carboxylic acids is 2.